The molecule has 0 amide bonds. The summed E-state index contributed by atoms with van der Waals surface area (Å²) in [6.07, 6.45) is 1.80. The van der Waals surface area contributed by atoms with Gasteiger partial charge in [0, 0.05) is 25.7 Å². The number of carbonyl (C=O) groups is 2. The molecule has 1 aliphatic rings. The summed E-state index contributed by atoms with van der Waals surface area (Å²) in [6.45, 7) is 2.98. The van der Waals surface area contributed by atoms with Crippen LogP contribution in [0, 0.1) is 12.8 Å². The van der Waals surface area contributed by atoms with Crippen LogP contribution < -0.4 is 0 Å². The SMILES string of the molecule is CC(=O)OC(C1CCCC(=O)C1)S(=O)(=O)c1cccc(C)c1. The highest BCUT2D eigenvalue weighted by Crippen LogP contribution is 2.32. The molecule has 2 rings (SSSR count). The monoisotopic (exact) mass is 324 g/mol. The minimum Gasteiger partial charge on any atom is -0.445 e. The zero-order chi connectivity index (χ0) is 16.3. The first-order valence-corrected chi connectivity index (χ1v) is 8.85. The maximum absolute atomic E-state index is 12.8. The Kier molecular flexibility index (Phi) is 5.01. The van der Waals surface area contributed by atoms with Gasteiger partial charge >= 0.3 is 5.97 Å². The maximum Gasteiger partial charge on any atom is 0.303 e. The van der Waals surface area contributed by atoms with Crippen molar-refractivity contribution in [1.29, 1.82) is 0 Å². The Morgan fingerprint density at radius 1 is 1.36 bits per heavy atom. The zero-order valence-corrected chi connectivity index (χ0v) is 13.6. The Morgan fingerprint density at radius 2 is 2.09 bits per heavy atom. The van der Waals surface area contributed by atoms with E-state index in [4.69, 9.17) is 4.74 Å². The molecule has 1 aromatic rings. The number of benzene rings is 1. The zero-order valence-electron chi connectivity index (χ0n) is 12.7. The second-order valence-electron chi connectivity index (χ2n) is 5.73. The van der Waals surface area contributed by atoms with Crippen molar-refractivity contribution in [3.05, 3.63) is 29.8 Å². The van der Waals surface area contributed by atoms with Crippen molar-refractivity contribution < 1.29 is 22.7 Å². The summed E-state index contributed by atoms with van der Waals surface area (Å²) in [5, 5.41) is 0. The van der Waals surface area contributed by atoms with Gasteiger partial charge in [-0.1, -0.05) is 12.1 Å². The summed E-state index contributed by atoms with van der Waals surface area (Å²) >= 11 is 0. The first kappa shape index (κ1) is 16.7. The fourth-order valence-electron chi connectivity index (χ4n) is 2.79. The highest BCUT2D eigenvalue weighted by Gasteiger charge is 2.39. The van der Waals surface area contributed by atoms with Crippen molar-refractivity contribution in [3.8, 4) is 0 Å². The molecule has 1 saturated carbocycles. The lowest BCUT2D eigenvalue weighted by atomic mass is 9.89. The number of rotatable bonds is 4. The lowest BCUT2D eigenvalue weighted by Gasteiger charge is -2.28. The highest BCUT2D eigenvalue weighted by molar-refractivity contribution is 7.92. The third-order valence-electron chi connectivity index (χ3n) is 3.81. The van der Waals surface area contributed by atoms with Crippen LogP contribution in [0.15, 0.2) is 29.2 Å². The molecule has 120 valence electrons. The highest BCUT2D eigenvalue weighted by atomic mass is 32.2. The third kappa shape index (κ3) is 3.74. The van der Waals surface area contributed by atoms with Crippen LogP contribution in [0.25, 0.3) is 0 Å². The van der Waals surface area contributed by atoms with E-state index in [1.807, 2.05) is 0 Å². The van der Waals surface area contributed by atoms with Gasteiger partial charge in [-0.2, -0.15) is 0 Å². The van der Waals surface area contributed by atoms with E-state index in [0.717, 1.165) is 5.56 Å². The molecule has 2 atom stereocenters. The van der Waals surface area contributed by atoms with Crippen LogP contribution in [-0.4, -0.2) is 25.6 Å². The van der Waals surface area contributed by atoms with Crippen molar-refractivity contribution in [2.24, 2.45) is 5.92 Å². The van der Waals surface area contributed by atoms with Crippen molar-refractivity contribution in [1.82, 2.24) is 0 Å². The summed E-state index contributed by atoms with van der Waals surface area (Å²) < 4.78 is 30.8. The molecule has 22 heavy (non-hydrogen) atoms. The first-order chi connectivity index (χ1) is 10.3. The number of ether oxygens (including phenoxy) is 1. The number of esters is 1. The largest absolute Gasteiger partial charge is 0.445 e. The van der Waals surface area contributed by atoms with E-state index in [0.29, 0.717) is 19.3 Å². The Labute approximate surface area is 130 Å². The maximum atomic E-state index is 12.8. The van der Waals surface area contributed by atoms with Crippen LogP contribution in [0.4, 0.5) is 0 Å². The van der Waals surface area contributed by atoms with E-state index < -0.39 is 27.2 Å². The predicted molar refractivity (Wildman–Crippen MR) is 80.9 cm³/mol. The second kappa shape index (κ2) is 6.60. The van der Waals surface area contributed by atoms with Gasteiger partial charge in [0.1, 0.15) is 5.78 Å². The number of carbonyl (C=O) groups excluding carboxylic acids is 2. The average Bonchev–Trinajstić information content (AvgIpc) is 2.44. The van der Waals surface area contributed by atoms with Crippen molar-refractivity contribution in [2.45, 2.75) is 49.9 Å². The van der Waals surface area contributed by atoms with Crippen molar-refractivity contribution in [2.75, 3.05) is 0 Å². The number of Topliss-reactive ketones (excluding diaryl/α,β-unsaturated/α-hetero) is 1. The Morgan fingerprint density at radius 3 is 2.68 bits per heavy atom. The molecule has 1 aliphatic carbocycles. The van der Waals surface area contributed by atoms with Crippen molar-refractivity contribution in [3.63, 3.8) is 0 Å². The smallest absolute Gasteiger partial charge is 0.303 e. The molecule has 0 bridgehead atoms. The molecule has 0 aliphatic heterocycles. The van der Waals surface area contributed by atoms with E-state index in [1.165, 1.54) is 13.0 Å². The van der Waals surface area contributed by atoms with Gasteiger partial charge in [-0.3, -0.25) is 9.59 Å². The first-order valence-electron chi connectivity index (χ1n) is 7.30. The summed E-state index contributed by atoms with van der Waals surface area (Å²) in [4.78, 5) is 23.1. The molecule has 0 heterocycles. The summed E-state index contributed by atoms with van der Waals surface area (Å²) in [5.41, 5.74) is -0.488. The van der Waals surface area contributed by atoms with Crippen LogP contribution >= 0.6 is 0 Å². The van der Waals surface area contributed by atoms with E-state index in [9.17, 15) is 18.0 Å². The molecule has 2 unspecified atom stereocenters. The molecule has 1 fully saturated rings. The summed E-state index contributed by atoms with van der Waals surface area (Å²) in [7, 11) is -3.84. The molecular weight excluding hydrogens is 304 g/mol. The van der Waals surface area contributed by atoms with E-state index >= 15 is 0 Å². The topological polar surface area (TPSA) is 77.5 Å². The number of hydrogen-bond acceptors (Lipinski definition) is 5. The van der Waals surface area contributed by atoms with Gasteiger partial charge in [0.25, 0.3) is 0 Å². The van der Waals surface area contributed by atoms with Gasteiger partial charge in [-0.15, -0.1) is 0 Å². The van der Waals surface area contributed by atoms with Gasteiger partial charge in [0.2, 0.25) is 15.3 Å². The number of aryl methyl sites for hydroxylation is 1. The van der Waals surface area contributed by atoms with Crippen molar-refractivity contribution >= 4 is 21.6 Å². The second-order valence-corrected chi connectivity index (χ2v) is 7.76. The Bertz CT molecular complexity index is 678. The molecule has 6 heteroatoms. The fourth-order valence-corrected chi connectivity index (χ4v) is 4.68. The van der Waals surface area contributed by atoms with Gasteiger partial charge in [-0.25, -0.2) is 8.42 Å². The Hall–Kier alpha value is -1.69. The van der Waals surface area contributed by atoms with Crippen LogP contribution in [0.2, 0.25) is 0 Å². The van der Waals surface area contributed by atoms with Gasteiger partial charge < -0.3 is 4.74 Å². The fraction of sp³-hybridized carbons (Fsp3) is 0.500. The van der Waals surface area contributed by atoms with E-state index in [1.54, 1.807) is 25.1 Å². The molecule has 1 aromatic carbocycles. The number of sulfone groups is 1. The van der Waals surface area contributed by atoms with E-state index in [2.05, 4.69) is 0 Å². The minimum atomic E-state index is -3.84. The standard InChI is InChI=1S/C16H20O5S/c1-11-5-3-8-15(9-11)22(19,20)16(21-12(2)17)13-6-4-7-14(18)10-13/h3,5,8-9,13,16H,4,6-7,10H2,1-2H3. The Balaban J connectivity index is 2.39. The van der Waals surface area contributed by atoms with E-state index in [-0.39, 0.29) is 17.1 Å². The molecular formula is C16H20O5S. The molecule has 0 saturated heterocycles. The molecule has 0 radical (unpaired) electrons. The number of ketones is 1. The average molecular weight is 324 g/mol. The van der Waals surface area contributed by atoms with Gasteiger partial charge in [-0.05, 0) is 37.5 Å². The molecule has 0 aromatic heterocycles. The number of hydrogen-bond donors (Lipinski definition) is 0. The minimum absolute atomic E-state index is 0.0212. The molecule has 0 spiro atoms. The summed E-state index contributed by atoms with van der Waals surface area (Å²) in [5.74, 6) is -1.11. The van der Waals surface area contributed by atoms with Crippen LogP contribution in [0.3, 0.4) is 0 Å². The van der Waals surface area contributed by atoms with Gasteiger partial charge in [0.05, 0.1) is 4.90 Å². The van der Waals surface area contributed by atoms with Crippen LogP contribution in [-0.2, 0) is 24.2 Å². The summed E-state index contributed by atoms with van der Waals surface area (Å²) in [6, 6.07) is 6.49. The third-order valence-corrected chi connectivity index (χ3v) is 5.82. The van der Waals surface area contributed by atoms with Crippen LogP contribution in [0.5, 0.6) is 0 Å². The van der Waals surface area contributed by atoms with Crippen LogP contribution in [0.1, 0.15) is 38.2 Å². The molecule has 0 N–H and O–H groups in total. The lowest BCUT2D eigenvalue weighted by molar-refractivity contribution is -0.146. The predicted octanol–water partition coefficient (Wildman–Crippen LogP) is 2.42. The lowest BCUT2D eigenvalue weighted by Crippen LogP contribution is -2.37. The van der Waals surface area contributed by atoms with Gasteiger partial charge in [0.15, 0.2) is 0 Å². The normalized spacial score (nSPS) is 20.5. The molecule has 5 nitrogen and oxygen atoms in total. The quantitative estimate of drug-likeness (QED) is 0.795.